The minimum atomic E-state index is 0.138. The van der Waals surface area contributed by atoms with Crippen molar-refractivity contribution in [3.8, 4) is 0 Å². The van der Waals surface area contributed by atoms with E-state index in [2.05, 4.69) is 43.2 Å². The summed E-state index contributed by atoms with van der Waals surface area (Å²) < 4.78 is 5.62. The summed E-state index contributed by atoms with van der Waals surface area (Å²) in [6.07, 6.45) is 0. The predicted molar refractivity (Wildman–Crippen MR) is 66.9 cm³/mol. The van der Waals surface area contributed by atoms with Crippen LogP contribution in [0.25, 0.3) is 11.1 Å². The molecule has 0 atom stereocenters. The maximum absolute atomic E-state index is 5.62. The van der Waals surface area contributed by atoms with Crippen LogP contribution in [0.3, 0.4) is 0 Å². The van der Waals surface area contributed by atoms with E-state index in [1.807, 2.05) is 13.0 Å². The number of hydrogen-bond acceptors (Lipinski definition) is 3. The van der Waals surface area contributed by atoms with E-state index in [9.17, 15) is 0 Å². The molecule has 0 aliphatic rings. The molecule has 1 aromatic carbocycles. The minimum absolute atomic E-state index is 0.138. The van der Waals surface area contributed by atoms with Crippen molar-refractivity contribution in [1.82, 2.24) is 4.98 Å². The fourth-order valence-corrected chi connectivity index (χ4v) is 1.62. The zero-order valence-electron chi connectivity index (χ0n) is 10.3. The Bertz CT molecular complexity index is 494. The molecule has 3 nitrogen and oxygen atoms in total. The van der Waals surface area contributed by atoms with Gasteiger partial charge in [-0.15, -0.1) is 0 Å². The fraction of sp³-hybridized carbons (Fsp3) is 0.462. The third-order valence-electron chi connectivity index (χ3n) is 2.58. The molecule has 2 rings (SSSR count). The molecule has 2 aromatic rings. The largest absolute Gasteiger partial charge is 0.424 e. The number of benzene rings is 1. The maximum Gasteiger partial charge on any atom is 0.295 e. The van der Waals surface area contributed by atoms with Crippen molar-refractivity contribution in [2.75, 3.05) is 11.9 Å². The molecule has 0 amide bonds. The summed E-state index contributed by atoms with van der Waals surface area (Å²) in [7, 11) is 0. The smallest absolute Gasteiger partial charge is 0.295 e. The molecule has 0 fully saturated rings. The molecule has 3 heteroatoms. The van der Waals surface area contributed by atoms with Gasteiger partial charge in [-0.2, -0.15) is 4.98 Å². The lowest BCUT2D eigenvalue weighted by Crippen LogP contribution is -2.10. The second-order valence-corrected chi connectivity index (χ2v) is 4.98. The Morgan fingerprint density at radius 2 is 2.06 bits per heavy atom. The molecule has 16 heavy (non-hydrogen) atoms. The van der Waals surface area contributed by atoms with Gasteiger partial charge in [0.2, 0.25) is 0 Å². The number of oxazole rings is 1. The molecule has 0 spiro atoms. The third-order valence-corrected chi connectivity index (χ3v) is 2.58. The first kappa shape index (κ1) is 11.0. The van der Waals surface area contributed by atoms with Crippen LogP contribution >= 0.6 is 0 Å². The summed E-state index contributed by atoms with van der Waals surface area (Å²) in [6.45, 7) is 9.41. The Hall–Kier alpha value is -1.51. The molecule has 0 saturated heterocycles. The quantitative estimate of drug-likeness (QED) is 0.837. The fourth-order valence-electron chi connectivity index (χ4n) is 1.62. The van der Waals surface area contributed by atoms with Crippen LogP contribution in [0.5, 0.6) is 0 Å². The van der Waals surface area contributed by atoms with E-state index >= 15 is 0 Å². The minimum Gasteiger partial charge on any atom is -0.424 e. The summed E-state index contributed by atoms with van der Waals surface area (Å²) in [5, 5.41) is 3.08. The van der Waals surface area contributed by atoms with E-state index in [0.29, 0.717) is 6.01 Å². The normalized spacial score (nSPS) is 12.0. The molecule has 1 aromatic heterocycles. The Morgan fingerprint density at radius 1 is 1.31 bits per heavy atom. The van der Waals surface area contributed by atoms with E-state index in [4.69, 9.17) is 4.42 Å². The third kappa shape index (κ3) is 2.03. The maximum atomic E-state index is 5.62. The lowest BCUT2D eigenvalue weighted by atomic mass is 9.87. The van der Waals surface area contributed by atoms with Crippen LogP contribution in [0.1, 0.15) is 33.3 Å². The Morgan fingerprint density at radius 3 is 2.69 bits per heavy atom. The second kappa shape index (κ2) is 3.81. The zero-order chi connectivity index (χ0) is 11.8. The van der Waals surface area contributed by atoms with Crippen molar-refractivity contribution in [3.63, 3.8) is 0 Å². The lowest BCUT2D eigenvalue weighted by Gasteiger charge is -2.18. The summed E-state index contributed by atoms with van der Waals surface area (Å²) in [5.41, 5.74) is 3.16. The standard InChI is InChI=1S/C13H18N2O/c1-5-14-12-15-10-7-6-9(13(2,3)4)8-11(10)16-12/h6-8H,5H2,1-4H3,(H,14,15). The summed E-state index contributed by atoms with van der Waals surface area (Å²) in [5.74, 6) is 0. The molecule has 1 heterocycles. The van der Waals surface area contributed by atoms with Gasteiger partial charge < -0.3 is 9.73 Å². The van der Waals surface area contributed by atoms with E-state index in [1.54, 1.807) is 0 Å². The van der Waals surface area contributed by atoms with Gasteiger partial charge >= 0.3 is 0 Å². The van der Waals surface area contributed by atoms with Crippen LogP contribution in [0, 0.1) is 0 Å². The number of nitrogens with zero attached hydrogens (tertiary/aromatic N) is 1. The molecule has 1 N–H and O–H groups in total. The molecule has 0 unspecified atom stereocenters. The molecule has 0 aliphatic carbocycles. The summed E-state index contributed by atoms with van der Waals surface area (Å²) in [4.78, 5) is 4.35. The van der Waals surface area contributed by atoms with Crippen LogP contribution < -0.4 is 5.32 Å². The first-order valence-corrected chi connectivity index (χ1v) is 5.65. The van der Waals surface area contributed by atoms with Gasteiger partial charge in [0.1, 0.15) is 5.52 Å². The molecular weight excluding hydrogens is 200 g/mol. The topological polar surface area (TPSA) is 38.1 Å². The number of anilines is 1. The first-order valence-electron chi connectivity index (χ1n) is 5.65. The average Bonchev–Trinajstić information content (AvgIpc) is 2.57. The van der Waals surface area contributed by atoms with Crippen molar-refractivity contribution < 1.29 is 4.42 Å². The van der Waals surface area contributed by atoms with Gasteiger partial charge in [-0.05, 0) is 30.0 Å². The second-order valence-electron chi connectivity index (χ2n) is 4.98. The highest BCUT2D eigenvalue weighted by Crippen LogP contribution is 2.27. The van der Waals surface area contributed by atoms with Crippen molar-refractivity contribution in [3.05, 3.63) is 23.8 Å². The average molecular weight is 218 g/mol. The van der Waals surface area contributed by atoms with Gasteiger partial charge in [-0.3, -0.25) is 0 Å². The van der Waals surface area contributed by atoms with Gasteiger partial charge in [-0.1, -0.05) is 26.8 Å². The highest BCUT2D eigenvalue weighted by molar-refractivity contribution is 5.75. The van der Waals surface area contributed by atoms with Gasteiger partial charge in [0.25, 0.3) is 6.01 Å². The van der Waals surface area contributed by atoms with E-state index in [-0.39, 0.29) is 5.41 Å². The molecule has 0 saturated carbocycles. The molecule has 86 valence electrons. The van der Waals surface area contributed by atoms with Crippen LogP contribution in [-0.4, -0.2) is 11.5 Å². The Kier molecular flexibility index (Phi) is 2.62. The van der Waals surface area contributed by atoms with Crippen LogP contribution in [0.2, 0.25) is 0 Å². The SMILES string of the molecule is CCNc1nc2ccc(C(C)(C)C)cc2o1. The number of fused-ring (bicyclic) bond motifs is 1. The first-order chi connectivity index (χ1) is 7.50. The van der Waals surface area contributed by atoms with Crippen LogP contribution in [0.15, 0.2) is 22.6 Å². The predicted octanol–water partition coefficient (Wildman–Crippen LogP) is 3.56. The molecule has 0 bridgehead atoms. The highest BCUT2D eigenvalue weighted by atomic mass is 16.4. The van der Waals surface area contributed by atoms with Crippen molar-refractivity contribution in [1.29, 1.82) is 0 Å². The van der Waals surface area contributed by atoms with Crippen molar-refractivity contribution in [2.45, 2.75) is 33.1 Å². The molecular formula is C13H18N2O. The molecule has 0 aliphatic heterocycles. The van der Waals surface area contributed by atoms with Crippen molar-refractivity contribution in [2.24, 2.45) is 0 Å². The van der Waals surface area contributed by atoms with Gasteiger partial charge in [-0.25, -0.2) is 0 Å². The number of hydrogen-bond donors (Lipinski definition) is 1. The lowest BCUT2D eigenvalue weighted by molar-refractivity contribution is 0.584. The van der Waals surface area contributed by atoms with Gasteiger partial charge in [0, 0.05) is 6.54 Å². The zero-order valence-corrected chi connectivity index (χ0v) is 10.3. The summed E-state index contributed by atoms with van der Waals surface area (Å²) in [6, 6.07) is 6.80. The highest BCUT2D eigenvalue weighted by Gasteiger charge is 2.15. The van der Waals surface area contributed by atoms with E-state index < -0.39 is 0 Å². The molecule has 0 radical (unpaired) electrons. The van der Waals surface area contributed by atoms with E-state index in [1.165, 1.54) is 5.56 Å². The number of nitrogens with one attached hydrogen (secondary N) is 1. The monoisotopic (exact) mass is 218 g/mol. The van der Waals surface area contributed by atoms with Gasteiger partial charge in [0.15, 0.2) is 5.58 Å². The van der Waals surface area contributed by atoms with Crippen molar-refractivity contribution >= 4 is 17.1 Å². The number of rotatable bonds is 2. The summed E-state index contributed by atoms with van der Waals surface area (Å²) >= 11 is 0. The van der Waals surface area contributed by atoms with Gasteiger partial charge in [0.05, 0.1) is 0 Å². The Labute approximate surface area is 95.9 Å². The number of aromatic nitrogens is 1. The van der Waals surface area contributed by atoms with Crippen LogP contribution in [0.4, 0.5) is 6.01 Å². The van der Waals surface area contributed by atoms with E-state index in [0.717, 1.165) is 17.6 Å². The Balaban J connectivity index is 2.46. The van der Waals surface area contributed by atoms with Crippen LogP contribution in [-0.2, 0) is 5.41 Å².